The third-order valence-electron chi connectivity index (χ3n) is 21.8. The molecule has 2 aromatic heterocycles. The lowest BCUT2D eigenvalue weighted by Crippen LogP contribution is -2.59. The van der Waals surface area contributed by atoms with E-state index >= 15 is 0 Å². The molecule has 122 heavy (non-hydrogen) atoms. The van der Waals surface area contributed by atoms with Crippen molar-refractivity contribution in [2.45, 2.75) is 259 Å². The first-order chi connectivity index (χ1) is 58.2. The third kappa shape index (κ3) is 27.7. The maximum absolute atomic E-state index is 14.6. The number of benzene rings is 3. The lowest BCUT2D eigenvalue weighted by atomic mass is 9.98. The molecule has 9 rings (SSSR count). The Labute approximate surface area is 708 Å². The molecule has 11 atom stereocenters. The van der Waals surface area contributed by atoms with Crippen molar-refractivity contribution >= 4 is 88.8 Å². The number of aliphatic carboxylic acids is 1. The molecule has 6 heterocycles. The molecule has 2 unspecified atom stereocenters. The summed E-state index contributed by atoms with van der Waals surface area (Å²) in [5, 5.41) is 57.6. The molecular formula is C84H118N20O18. The minimum absolute atomic E-state index is 0.0341. The standard InChI is InChI=1S/C45H62N10O8.C39H56N10O10/c1-7-15-34(40(57)43(60)46-29(6)30-16-9-8-10-17-30)47-41(58)35-24-33(63-45(62)54-23-22-31-18-11-12-19-32(31)25-54)26-55(35)44(61)39(28(4)5)49-42(59)38(27(2)3)48-37(56)21-14-13-20-36-50-52-53-51-36;1-6-11-27(34(53)37(56)40-19-31(51)52)41-35(54)28-18-26(59-39(58)48-17-16-24-12-7-8-13-25(24)20-48)21-49(28)38(57)33(23(4)5)43-36(55)32(22(2)3)42-30(50)15-10-9-14-29-44-46-47-45-29/h8-12,16-19,27-29,33-35,38-39H,7,13-15,20-26H2,1-6H3,(H,46,60)(H,47,58)(H,48,56)(H,49,59)(H,50,51,52,53);7-8,12-13,22-23,26-28,32-33H,6,9-11,14-21H2,1-5H3,(H,40,56)(H,41,54)(H,42,50)(H,43,55)(H,51,52)(H,44,45,46,47)/t29-,33+,34?,35-,38-,39-;26-,27?,28+,32+,33+/m01/s1. The number of hydrogen-bond donors (Lipinski definition) is 11. The zero-order valence-electron chi connectivity index (χ0n) is 71.3. The van der Waals surface area contributed by atoms with E-state index in [0.717, 1.165) is 27.8 Å². The summed E-state index contributed by atoms with van der Waals surface area (Å²) in [5.41, 5.74) is 5.04. The molecule has 0 saturated carbocycles. The predicted octanol–water partition coefficient (Wildman–Crippen LogP) is 3.50. The van der Waals surface area contributed by atoms with Gasteiger partial charge in [-0.25, -0.2) is 9.59 Å². The van der Waals surface area contributed by atoms with Crippen molar-refractivity contribution in [3.8, 4) is 0 Å². The summed E-state index contributed by atoms with van der Waals surface area (Å²) in [5.74, 6) is -10.6. The van der Waals surface area contributed by atoms with Crippen LogP contribution in [0.1, 0.15) is 199 Å². The molecule has 12 amide bonds. The van der Waals surface area contributed by atoms with Gasteiger partial charge in [-0.2, -0.15) is 10.4 Å². The summed E-state index contributed by atoms with van der Waals surface area (Å²) >= 11 is 0. The summed E-state index contributed by atoms with van der Waals surface area (Å²) < 4.78 is 11.9. The number of aryl methyl sites for hydroxylation is 2. The number of carbonyl (C=O) groups is 15. The van der Waals surface area contributed by atoms with Gasteiger partial charge in [0.05, 0.1) is 31.2 Å². The van der Waals surface area contributed by atoms with Gasteiger partial charge in [0.25, 0.3) is 11.8 Å². The molecular weight excluding hydrogens is 1580 g/mol. The predicted molar refractivity (Wildman–Crippen MR) is 440 cm³/mol. The average molecular weight is 1700 g/mol. The zero-order chi connectivity index (χ0) is 88.9. The Morgan fingerprint density at radius 2 is 0.869 bits per heavy atom. The van der Waals surface area contributed by atoms with Crippen LogP contribution in [0.2, 0.25) is 0 Å². The number of carboxylic acid groups (broad SMARTS) is 1. The number of H-pyrrole nitrogens is 2. The van der Waals surface area contributed by atoms with Crippen molar-refractivity contribution in [2.75, 3.05) is 32.7 Å². The van der Waals surface area contributed by atoms with Crippen LogP contribution in [-0.4, -0.2) is 248 Å². The number of unbranched alkanes of at least 4 members (excludes halogenated alkanes) is 2. The Balaban J connectivity index is 0.000000304. The Bertz CT molecular complexity index is 4410. The van der Waals surface area contributed by atoms with Crippen LogP contribution in [-0.2, 0) is 111 Å². The first-order valence-electron chi connectivity index (χ1n) is 42.1. The topological polar surface area (TPSA) is 513 Å². The number of Topliss-reactive ketones (excluding diaryl/α,β-unsaturated/α-hetero) is 2. The van der Waals surface area contributed by atoms with E-state index in [9.17, 15) is 71.9 Å². The summed E-state index contributed by atoms with van der Waals surface area (Å²) in [6, 6.07) is 14.9. The van der Waals surface area contributed by atoms with Gasteiger partial charge in [-0.15, -0.1) is 20.4 Å². The minimum atomic E-state index is -1.36. The molecule has 0 bridgehead atoms. The molecule has 5 aromatic rings. The Hall–Kier alpha value is -12.2. The van der Waals surface area contributed by atoms with E-state index in [1.54, 1.807) is 79.0 Å². The van der Waals surface area contributed by atoms with Crippen molar-refractivity contribution in [1.29, 1.82) is 0 Å². The monoisotopic (exact) mass is 1690 g/mol. The second kappa shape index (κ2) is 46.6. The highest BCUT2D eigenvalue weighted by Gasteiger charge is 2.49. The van der Waals surface area contributed by atoms with Crippen LogP contribution < -0.4 is 42.5 Å². The minimum Gasteiger partial charge on any atom is -0.480 e. The number of fused-ring (bicyclic) bond motifs is 2. The van der Waals surface area contributed by atoms with Crippen LogP contribution in [0.3, 0.4) is 0 Å². The second-order valence-electron chi connectivity index (χ2n) is 32.6. The number of ether oxygens (including phenoxy) is 2. The third-order valence-corrected chi connectivity index (χ3v) is 21.8. The van der Waals surface area contributed by atoms with Crippen molar-refractivity contribution in [2.24, 2.45) is 23.7 Å². The molecule has 4 aliphatic heterocycles. The highest BCUT2D eigenvalue weighted by molar-refractivity contribution is 6.39. The molecule has 0 radical (unpaired) electrons. The fourth-order valence-corrected chi connectivity index (χ4v) is 14.9. The number of aromatic nitrogens is 8. The second-order valence-corrected chi connectivity index (χ2v) is 32.6. The number of carbonyl (C=O) groups excluding carboxylic acids is 14. The number of rotatable bonds is 40. The number of aromatic amines is 2. The molecule has 2 saturated heterocycles. The zero-order valence-corrected chi connectivity index (χ0v) is 71.3. The SMILES string of the molecule is CCCC(NC(=O)[C@@H]1C[C@@H](OC(=O)N2CCc3ccccc3C2)CN1C(=O)[C@@H](NC(=O)[C@@H](NC(=O)CCCCc1nn[nH]n1)C(C)C)C(C)C)C(=O)C(=O)NCC(=O)O.CCCC(NC(=O)[C@@H]1C[C@@H](OC(=O)N2CCc3ccccc3C2)CN1C(=O)[C@@H](NC(=O)[C@@H](NC(=O)CCCCc1nn[nH]n1)C(C)C)C(C)C)C(=O)C(=O)N[C@@H](C)c1ccccc1. The van der Waals surface area contributed by atoms with E-state index in [-0.39, 0.29) is 75.3 Å². The fourth-order valence-electron chi connectivity index (χ4n) is 14.9. The maximum Gasteiger partial charge on any atom is 0.410 e. The van der Waals surface area contributed by atoms with Gasteiger partial charge in [0.2, 0.25) is 58.8 Å². The van der Waals surface area contributed by atoms with E-state index < -0.39 is 162 Å². The molecule has 38 heteroatoms. The number of tetrazole rings is 2. The number of ketones is 2. The summed E-state index contributed by atoms with van der Waals surface area (Å²) in [7, 11) is 0. The van der Waals surface area contributed by atoms with Crippen molar-refractivity contribution in [1.82, 2.24) is 103 Å². The lowest BCUT2D eigenvalue weighted by molar-refractivity contribution is -0.145. The van der Waals surface area contributed by atoms with Gasteiger partial charge in [-0.05, 0) is 110 Å². The number of nitrogens with one attached hydrogen (secondary N) is 10. The summed E-state index contributed by atoms with van der Waals surface area (Å²) in [6.07, 6.45) is 2.59. The van der Waals surface area contributed by atoms with E-state index in [4.69, 9.17) is 14.6 Å². The van der Waals surface area contributed by atoms with Crippen LogP contribution in [0, 0.1) is 23.7 Å². The average Bonchev–Trinajstić information content (AvgIpc) is 1.67. The van der Waals surface area contributed by atoms with Crippen LogP contribution in [0.5, 0.6) is 0 Å². The van der Waals surface area contributed by atoms with Crippen molar-refractivity contribution in [3.05, 3.63) is 118 Å². The molecule has 662 valence electrons. The highest BCUT2D eigenvalue weighted by atomic mass is 16.6. The number of likely N-dealkylation sites (tertiary alicyclic amines) is 2. The number of hydrogen-bond acceptors (Lipinski definition) is 23. The number of carboxylic acids is 1. The van der Waals surface area contributed by atoms with Gasteiger partial charge >= 0.3 is 18.2 Å². The van der Waals surface area contributed by atoms with Gasteiger partial charge in [-0.3, -0.25) is 62.3 Å². The largest absolute Gasteiger partial charge is 0.480 e. The first kappa shape index (κ1) is 95.3. The first-order valence-corrected chi connectivity index (χ1v) is 42.1. The van der Waals surface area contributed by atoms with E-state index in [1.165, 1.54) is 9.80 Å². The molecule has 2 fully saturated rings. The van der Waals surface area contributed by atoms with Gasteiger partial charge in [0.15, 0.2) is 11.6 Å². The Morgan fingerprint density at radius 1 is 0.475 bits per heavy atom. The number of amides is 12. The van der Waals surface area contributed by atoms with E-state index in [1.807, 2.05) is 91.1 Å². The van der Waals surface area contributed by atoms with Crippen LogP contribution in [0.4, 0.5) is 9.59 Å². The molecule has 0 aliphatic carbocycles. The van der Waals surface area contributed by atoms with Gasteiger partial charge in [0, 0.05) is 64.7 Å². The molecule has 0 spiro atoms. The summed E-state index contributed by atoms with van der Waals surface area (Å²) in [4.78, 5) is 207. The highest BCUT2D eigenvalue weighted by Crippen LogP contribution is 2.30. The number of nitrogens with zero attached hydrogens (tertiary/aromatic N) is 10. The van der Waals surface area contributed by atoms with Gasteiger partial charge in [-0.1, -0.05) is 171 Å². The van der Waals surface area contributed by atoms with Crippen LogP contribution >= 0.6 is 0 Å². The van der Waals surface area contributed by atoms with E-state index in [2.05, 4.69) is 78.5 Å². The molecule has 3 aromatic carbocycles. The maximum atomic E-state index is 14.6. The summed E-state index contributed by atoms with van der Waals surface area (Å²) in [6.45, 7) is 19.6. The van der Waals surface area contributed by atoms with Crippen LogP contribution in [0.25, 0.3) is 0 Å². The van der Waals surface area contributed by atoms with Crippen molar-refractivity contribution in [3.63, 3.8) is 0 Å². The molecule has 4 aliphatic rings. The van der Waals surface area contributed by atoms with Crippen LogP contribution in [0.15, 0.2) is 78.9 Å². The quantitative estimate of drug-likeness (QED) is 0.0197. The van der Waals surface area contributed by atoms with Crippen molar-refractivity contribution < 1.29 is 86.5 Å². The van der Waals surface area contributed by atoms with Gasteiger partial charge < -0.3 is 76.7 Å². The molecule has 38 nitrogen and oxygen atoms in total. The fraction of sp³-hybridized carbons (Fsp3) is 0.583. The van der Waals surface area contributed by atoms with Gasteiger partial charge in [0.1, 0.15) is 55.0 Å². The molecule has 11 N–H and O–H groups in total. The smallest absolute Gasteiger partial charge is 0.410 e. The van der Waals surface area contributed by atoms with E-state index in [0.29, 0.717) is 102 Å². The Morgan fingerprint density at radius 3 is 1.25 bits per heavy atom. The normalized spacial score (nSPS) is 17.8. The Kier molecular flexibility index (Phi) is 36.4. The lowest BCUT2D eigenvalue weighted by Gasteiger charge is -2.32.